The summed E-state index contributed by atoms with van der Waals surface area (Å²) in [5.74, 6) is 2.19. The zero-order valence-electron chi connectivity index (χ0n) is 21.5. The first-order valence-electron chi connectivity index (χ1n) is 13.4. The monoisotopic (exact) mass is 483 g/mol. The Bertz CT molecular complexity index is 810. The predicted octanol–water partition coefficient (Wildman–Crippen LogP) is 7.12. The van der Waals surface area contributed by atoms with Crippen LogP contribution in [0.1, 0.15) is 89.5 Å². The second kappa shape index (κ2) is 14.1. The summed E-state index contributed by atoms with van der Waals surface area (Å²) in [4.78, 5) is 20.8. The van der Waals surface area contributed by atoms with Gasteiger partial charge in [0.1, 0.15) is 0 Å². The van der Waals surface area contributed by atoms with Crippen molar-refractivity contribution in [1.29, 1.82) is 0 Å². The summed E-state index contributed by atoms with van der Waals surface area (Å²) >= 11 is 1.79. The Morgan fingerprint density at radius 3 is 2.59 bits per heavy atom. The Balaban J connectivity index is 1.48. The zero-order chi connectivity index (χ0) is 24.3. The minimum absolute atomic E-state index is 0.197. The van der Waals surface area contributed by atoms with Crippen molar-refractivity contribution in [1.82, 2.24) is 10.2 Å². The van der Waals surface area contributed by atoms with Crippen molar-refractivity contribution < 1.29 is 4.79 Å². The van der Waals surface area contributed by atoms with E-state index >= 15 is 0 Å². The Morgan fingerprint density at radius 2 is 1.91 bits per heavy atom. The lowest BCUT2D eigenvalue weighted by Crippen LogP contribution is -2.42. The molecule has 1 heterocycles. The fraction of sp³-hybridized carbons (Fsp3) is 0.655. The summed E-state index contributed by atoms with van der Waals surface area (Å²) in [6, 6.07) is 6.66. The van der Waals surface area contributed by atoms with Gasteiger partial charge in [-0.3, -0.25) is 14.7 Å². The molecule has 1 aliphatic heterocycles. The van der Waals surface area contributed by atoms with Crippen LogP contribution in [0.2, 0.25) is 0 Å². The number of nitrogens with zero attached hydrogens (tertiary/aromatic N) is 2. The Morgan fingerprint density at radius 1 is 1.18 bits per heavy atom. The molecule has 1 aliphatic carbocycles. The second-order valence-corrected chi connectivity index (χ2v) is 11.6. The molecule has 2 fully saturated rings. The lowest BCUT2D eigenvalue weighted by molar-refractivity contribution is -0.122. The van der Waals surface area contributed by atoms with E-state index in [1.165, 1.54) is 74.1 Å². The zero-order valence-corrected chi connectivity index (χ0v) is 22.3. The normalized spacial score (nSPS) is 18.2. The van der Waals surface area contributed by atoms with Gasteiger partial charge in [0.2, 0.25) is 5.91 Å². The van der Waals surface area contributed by atoms with Crippen LogP contribution in [-0.2, 0) is 4.79 Å². The van der Waals surface area contributed by atoms with E-state index < -0.39 is 0 Å². The van der Waals surface area contributed by atoms with Crippen molar-refractivity contribution in [2.24, 2.45) is 10.9 Å². The molecule has 34 heavy (non-hydrogen) atoms. The molecule has 2 aliphatic rings. The fourth-order valence-electron chi connectivity index (χ4n) is 5.33. The molecule has 1 saturated carbocycles. The van der Waals surface area contributed by atoms with E-state index in [-0.39, 0.29) is 11.9 Å². The highest BCUT2D eigenvalue weighted by Crippen LogP contribution is 2.33. The maximum atomic E-state index is 12.9. The van der Waals surface area contributed by atoms with E-state index in [1.807, 2.05) is 0 Å². The molecule has 0 aromatic heterocycles. The topological polar surface area (TPSA) is 44.7 Å². The van der Waals surface area contributed by atoms with Gasteiger partial charge in [-0.2, -0.15) is 0 Å². The molecule has 0 bridgehead atoms. The van der Waals surface area contributed by atoms with E-state index in [1.54, 1.807) is 11.8 Å². The molecular weight excluding hydrogens is 438 g/mol. The third-order valence-corrected chi connectivity index (χ3v) is 8.48. The van der Waals surface area contributed by atoms with Crippen LogP contribution in [0, 0.1) is 5.92 Å². The van der Waals surface area contributed by atoms with E-state index in [0.29, 0.717) is 18.3 Å². The summed E-state index contributed by atoms with van der Waals surface area (Å²) in [6.45, 7) is 15.9. The molecule has 1 unspecified atom stereocenters. The van der Waals surface area contributed by atoms with Gasteiger partial charge >= 0.3 is 0 Å². The Kier molecular flexibility index (Phi) is 11.2. The quantitative estimate of drug-likeness (QED) is 0.141. The molecule has 188 valence electrons. The molecular formula is C29H45N3OS. The summed E-state index contributed by atoms with van der Waals surface area (Å²) < 4.78 is 0. The number of benzene rings is 1. The standard InChI is InChI=1S/C29H45N3OS/c1-22(2)25-14-15-26(30-4)28(20-25)34-18-10-13-29(33)31-27(24-11-6-5-7-12-24)19-23(3)21-32-16-8-9-17-32/h14-15,20,22,24,27H,3-13,16-19,21H2,1-2H3,(H,31,33). The molecule has 1 aromatic rings. The van der Waals surface area contributed by atoms with Gasteiger partial charge < -0.3 is 5.32 Å². The van der Waals surface area contributed by atoms with Crippen LogP contribution in [0.25, 0.3) is 0 Å². The van der Waals surface area contributed by atoms with Crippen molar-refractivity contribution in [2.45, 2.75) is 94.9 Å². The van der Waals surface area contributed by atoms with Crippen molar-refractivity contribution in [3.8, 4) is 0 Å². The summed E-state index contributed by atoms with van der Waals surface area (Å²) in [5.41, 5.74) is 3.53. The number of rotatable bonds is 13. The van der Waals surface area contributed by atoms with Gasteiger partial charge in [0.05, 0.1) is 5.69 Å². The van der Waals surface area contributed by atoms with Crippen LogP contribution in [0.5, 0.6) is 0 Å². The van der Waals surface area contributed by atoms with E-state index in [4.69, 9.17) is 0 Å². The number of nitrogens with one attached hydrogen (secondary N) is 1. The van der Waals surface area contributed by atoms with Gasteiger partial charge in [-0.25, -0.2) is 0 Å². The number of hydrogen-bond donors (Lipinski definition) is 1. The highest BCUT2D eigenvalue weighted by molar-refractivity contribution is 7.99. The first kappa shape index (κ1) is 27.0. The smallest absolute Gasteiger partial charge is 0.220 e. The van der Waals surface area contributed by atoms with Gasteiger partial charge in [0.25, 0.3) is 0 Å². The molecule has 4 nitrogen and oxygen atoms in total. The molecule has 1 aromatic carbocycles. The summed E-state index contributed by atoms with van der Waals surface area (Å²) in [5, 5.41) is 3.43. The van der Waals surface area contributed by atoms with Gasteiger partial charge in [-0.1, -0.05) is 51.3 Å². The molecule has 1 amide bonds. The SMILES string of the molecule is C=Nc1ccc(C(C)C)cc1SCCCC(=O)NC(CC(=C)CN1CCCC1)C1CCCCC1. The van der Waals surface area contributed by atoms with Crippen LogP contribution in [0.15, 0.2) is 40.2 Å². The average molecular weight is 484 g/mol. The Hall–Kier alpha value is -1.59. The third-order valence-electron chi connectivity index (χ3n) is 7.35. The average Bonchev–Trinajstić information content (AvgIpc) is 3.34. The molecule has 3 rings (SSSR count). The van der Waals surface area contributed by atoms with Gasteiger partial charge in [-0.05, 0) is 93.6 Å². The van der Waals surface area contributed by atoms with Crippen molar-refractivity contribution in [3.05, 3.63) is 35.9 Å². The maximum absolute atomic E-state index is 12.9. The minimum Gasteiger partial charge on any atom is -0.353 e. The number of carbonyl (C=O) groups excluding carboxylic acids is 1. The van der Waals surface area contributed by atoms with Crippen molar-refractivity contribution in [2.75, 3.05) is 25.4 Å². The van der Waals surface area contributed by atoms with Crippen LogP contribution in [0.3, 0.4) is 0 Å². The molecule has 5 heteroatoms. The van der Waals surface area contributed by atoms with Gasteiger partial charge in [-0.15, -0.1) is 11.8 Å². The number of carbonyl (C=O) groups is 1. The molecule has 0 spiro atoms. The number of aliphatic imine (C=N–C) groups is 1. The fourth-order valence-corrected chi connectivity index (χ4v) is 6.34. The lowest BCUT2D eigenvalue weighted by atomic mass is 9.81. The number of thioether (sulfide) groups is 1. The van der Waals surface area contributed by atoms with E-state index in [0.717, 1.165) is 30.8 Å². The molecule has 1 N–H and O–H groups in total. The highest BCUT2D eigenvalue weighted by atomic mass is 32.2. The Labute approximate surface area is 212 Å². The first-order chi connectivity index (χ1) is 16.5. The summed E-state index contributed by atoms with van der Waals surface area (Å²) in [7, 11) is 0. The van der Waals surface area contributed by atoms with Crippen molar-refractivity contribution in [3.63, 3.8) is 0 Å². The van der Waals surface area contributed by atoms with E-state index in [2.05, 4.69) is 60.6 Å². The predicted molar refractivity (Wildman–Crippen MR) is 148 cm³/mol. The van der Waals surface area contributed by atoms with Gasteiger partial charge in [0.15, 0.2) is 0 Å². The summed E-state index contributed by atoms with van der Waals surface area (Å²) in [6.07, 6.45) is 11.4. The van der Waals surface area contributed by atoms with E-state index in [9.17, 15) is 4.79 Å². The number of amides is 1. The molecule has 0 radical (unpaired) electrons. The van der Waals surface area contributed by atoms with Crippen LogP contribution in [-0.4, -0.2) is 49.0 Å². The maximum Gasteiger partial charge on any atom is 0.220 e. The largest absolute Gasteiger partial charge is 0.353 e. The molecule has 1 saturated heterocycles. The number of hydrogen-bond acceptors (Lipinski definition) is 4. The molecule has 1 atom stereocenters. The van der Waals surface area contributed by atoms with Crippen LogP contribution < -0.4 is 5.32 Å². The third kappa shape index (κ3) is 8.57. The van der Waals surface area contributed by atoms with Crippen molar-refractivity contribution >= 4 is 30.1 Å². The second-order valence-electron chi connectivity index (χ2n) is 10.5. The first-order valence-corrected chi connectivity index (χ1v) is 14.4. The lowest BCUT2D eigenvalue weighted by Gasteiger charge is -2.32. The van der Waals surface area contributed by atoms with Crippen LogP contribution in [0.4, 0.5) is 5.69 Å². The number of likely N-dealkylation sites (tertiary alicyclic amines) is 1. The van der Waals surface area contributed by atoms with Crippen LogP contribution >= 0.6 is 11.8 Å². The minimum atomic E-state index is 0.197. The van der Waals surface area contributed by atoms with Gasteiger partial charge in [0, 0.05) is 23.9 Å². The highest BCUT2D eigenvalue weighted by Gasteiger charge is 2.26.